The van der Waals surface area contributed by atoms with Crippen LogP contribution >= 0.6 is 0 Å². The van der Waals surface area contributed by atoms with Gasteiger partial charge < -0.3 is 5.11 Å². The Hall–Kier alpha value is -1.76. The molecular formula is C14H12O. The van der Waals surface area contributed by atoms with Gasteiger partial charge in [0.2, 0.25) is 0 Å². The van der Waals surface area contributed by atoms with Gasteiger partial charge in [-0.2, -0.15) is 0 Å². The van der Waals surface area contributed by atoms with Crippen molar-refractivity contribution in [2.24, 2.45) is 0 Å². The van der Waals surface area contributed by atoms with Gasteiger partial charge in [-0.3, -0.25) is 0 Å². The Morgan fingerprint density at radius 1 is 1.20 bits per heavy atom. The molecule has 1 heteroatoms. The Balaban J connectivity index is 2.23. The van der Waals surface area contributed by atoms with E-state index in [0.717, 1.165) is 12.0 Å². The SMILES string of the molecule is OC1=CC2=CC=CCC2c2ccccc21. The van der Waals surface area contributed by atoms with Crippen molar-refractivity contribution in [3.63, 3.8) is 0 Å². The third kappa shape index (κ3) is 1.23. The Labute approximate surface area is 89.1 Å². The van der Waals surface area contributed by atoms with E-state index in [1.165, 1.54) is 11.1 Å². The van der Waals surface area contributed by atoms with Gasteiger partial charge in [0.05, 0.1) is 0 Å². The summed E-state index contributed by atoms with van der Waals surface area (Å²) in [5.74, 6) is 0.825. The molecule has 1 unspecified atom stereocenters. The number of rotatable bonds is 0. The van der Waals surface area contributed by atoms with Gasteiger partial charge in [0.1, 0.15) is 5.76 Å². The highest BCUT2D eigenvalue weighted by Gasteiger charge is 2.24. The van der Waals surface area contributed by atoms with Gasteiger partial charge in [-0.15, -0.1) is 0 Å². The number of aliphatic hydroxyl groups excluding tert-OH is 1. The summed E-state index contributed by atoms with van der Waals surface area (Å²) in [6.45, 7) is 0. The maximum Gasteiger partial charge on any atom is 0.123 e. The smallest absolute Gasteiger partial charge is 0.123 e. The Bertz CT molecular complexity index is 492. The minimum absolute atomic E-state index is 0.392. The number of hydrogen-bond acceptors (Lipinski definition) is 1. The molecule has 1 aromatic carbocycles. The third-order valence-corrected chi connectivity index (χ3v) is 3.11. The van der Waals surface area contributed by atoms with Crippen LogP contribution in [0.2, 0.25) is 0 Å². The highest BCUT2D eigenvalue weighted by atomic mass is 16.3. The van der Waals surface area contributed by atoms with E-state index in [0.29, 0.717) is 11.7 Å². The quantitative estimate of drug-likeness (QED) is 0.672. The van der Waals surface area contributed by atoms with Crippen molar-refractivity contribution in [1.82, 2.24) is 0 Å². The molecule has 1 nitrogen and oxygen atoms in total. The van der Waals surface area contributed by atoms with Crippen LogP contribution in [0.15, 0.2) is 54.1 Å². The predicted molar refractivity (Wildman–Crippen MR) is 61.6 cm³/mol. The summed E-state index contributed by atoms with van der Waals surface area (Å²) in [5.41, 5.74) is 3.44. The predicted octanol–water partition coefficient (Wildman–Crippen LogP) is 3.57. The van der Waals surface area contributed by atoms with Crippen LogP contribution in [-0.4, -0.2) is 5.11 Å². The lowest BCUT2D eigenvalue weighted by molar-refractivity contribution is 0.506. The zero-order valence-corrected chi connectivity index (χ0v) is 8.35. The minimum atomic E-state index is 0.392. The molecule has 3 rings (SSSR count). The normalized spacial score (nSPS) is 22.5. The van der Waals surface area contributed by atoms with E-state index >= 15 is 0 Å². The van der Waals surface area contributed by atoms with Crippen molar-refractivity contribution >= 4 is 5.76 Å². The summed E-state index contributed by atoms with van der Waals surface area (Å²) in [6.07, 6.45) is 9.24. The first-order valence-corrected chi connectivity index (χ1v) is 5.23. The van der Waals surface area contributed by atoms with Crippen molar-refractivity contribution in [1.29, 1.82) is 0 Å². The second-order valence-electron chi connectivity index (χ2n) is 4.00. The van der Waals surface area contributed by atoms with E-state index in [4.69, 9.17) is 0 Å². The van der Waals surface area contributed by atoms with E-state index in [1.807, 2.05) is 24.3 Å². The zero-order chi connectivity index (χ0) is 10.3. The fourth-order valence-corrected chi connectivity index (χ4v) is 2.37. The van der Waals surface area contributed by atoms with E-state index in [9.17, 15) is 5.11 Å². The Morgan fingerprint density at radius 3 is 3.00 bits per heavy atom. The summed E-state index contributed by atoms with van der Waals surface area (Å²) >= 11 is 0. The minimum Gasteiger partial charge on any atom is -0.507 e. The second kappa shape index (κ2) is 3.13. The first kappa shape index (κ1) is 8.54. The topological polar surface area (TPSA) is 20.2 Å². The molecule has 0 aromatic heterocycles. The van der Waals surface area contributed by atoms with Crippen LogP contribution in [0.1, 0.15) is 23.5 Å². The molecule has 0 saturated heterocycles. The van der Waals surface area contributed by atoms with Crippen LogP contribution in [0.4, 0.5) is 0 Å². The van der Waals surface area contributed by atoms with Crippen molar-refractivity contribution in [3.8, 4) is 0 Å². The molecule has 74 valence electrons. The first-order chi connectivity index (χ1) is 7.36. The van der Waals surface area contributed by atoms with Crippen LogP contribution in [-0.2, 0) is 0 Å². The molecule has 15 heavy (non-hydrogen) atoms. The third-order valence-electron chi connectivity index (χ3n) is 3.11. The van der Waals surface area contributed by atoms with Crippen molar-refractivity contribution in [2.45, 2.75) is 12.3 Å². The summed E-state index contributed by atoms with van der Waals surface area (Å²) in [5, 5.41) is 9.90. The molecule has 0 radical (unpaired) electrons. The molecule has 0 aliphatic heterocycles. The van der Waals surface area contributed by atoms with E-state index < -0.39 is 0 Å². The van der Waals surface area contributed by atoms with Crippen LogP contribution in [0.5, 0.6) is 0 Å². The second-order valence-corrected chi connectivity index (χ2v) is 4.00. The Kier molecular flexibility index (Phi) is 1.78. The standard InChI is InChI=1S/C14H12O/c15-14-9-10-5-1-2-6-11(10)12-7-3-4-8-13(12)14/h1-5,7-9,11,15H,6H2. The number of hydrogen-bond donors (Lipinski definition) is 1. The molecule has 0 spiro atoms. The van der Waals surface area contributed by atoms with Gasteiger partial charge in [0, 0.05) is 11.5 Å². The molecule has 1 N–H and O–H groups in total. The summed E-state index contributed by atoms with van der Waals surface area (Å²) in [7, 11) is 0. The monoisotopic (exact) mass is 196 g/mol. The van der Waals surface area contributed by atoms with E-state index in [2.05, 4.69) is 24.3 Å². The molecular weight excluding hydrogens is 184 g/mol. The van der Waals surface area contributed by atoms with Crippen LogP contribution in [0.25, 0.3) is 5.76 Å². The van der Waals surface area contributed by atoms with Gasteiger partial charge in [0.15, 0.2) is 0 Å². The average Bonchev–Trinajstić information content (AvgIpc) is 2.30. The van der Waals surface area contributed by atoms with Gasteiger partial charge in [0.25, 0.3) is 0 Å². The molecule has 0 fully saturated rings. The maximum atomic E-state index is 9.90. The van der Waals surface area contributed by atoms with Gasteiger partial charge in [-0.05, 0) is 23.6 Å². The molecule has 0 bridgehead atoms. The Morgan fingerprint density at radius 2 is 2.07 bits per heavy atom. The first-order valence-electron chi connectivity index (χ1n) is 5.23. The number of aliphatic hydroxyl groups is 1. The number of fused-ring (bicyclic) bond motifs is 3. The summed E-state index contributed by atoms with van der Waals surface area (Å²) in [6, 6.07) is 8.09. The van der Waals surface area contributed by atoms with Gasteiger partial charge in [-0.25, -0.2) is 0 Å². The van der Waals surface area contributed by atoms with Crippen LogP contribution < -0.4 is 0 Å². The number of allylic oxidation sites excluding steroid dienone is 5. The summed E-state index contributed by atoms with van der Waals surface area (Å²) in [4.78, 5) is 0. The van der Waals surface area contributed by atoms with Crippen molar-refractivity contribution in [2.75, 3.05) is 0 Å². The van der Waals surface area contributed by atoms with Crippen LogP contribution in [0, 0.1) is 0 Å². The fourth-order valence-electron chi connectivity index (χ4n) is 2.37. The largest absolute Gasteiger partial charge is 0.507 e. The van der Waals surface area contributed by atoms with Crippen molar-refractivity contribution in [3.05, 3.63) is 65.3 Å². The molecule has 0 saturated carbocycles. The average molecular weight is 196 g/mol. The van der Waals surface area contributed by atoms with E-state index in [-0.39, 0.29) is 0 Å². The van der Waals surface area contributed by atoms with Crippen LogP contribution in [0.3, 0.4) is 0 Å². The van der Waals surface area contributed by atoms with Gasteiger partial charge in [-0.1, -0.05) is 42.5 Å². The lowest BCUT2D eigenvalue weighted by Gasteiger charge is -2.26. The number of benzene rings is 1. The molecule has 0 amide bonds. The lowest BCUT2D eigenvalue weighted by atomic mass is 9.79. The highest BCUT2D eigenvalue weighted by molar-refractivity contribution is 5.71. The highest BCUT2D eigenvalue weighted by Crippen LogP contribution is 2.40. The zero-order valence-electron chi connectivity index (χ0n) is 8.35. The fraction of sp³-hybridized carbons (Fsp3) is 0.143. The molecule has 2 aliphatic carbocycles. The summed E-state index contributed by atoms with van der Waals surface area (Å²) < 4.78 is 0. The molecule has 1 atom stereocenters. The maximum absolute atomic E-state index is 9.90. The van der Waals surface area contributed by atoms with E-state index in [1.54, 1.807) is 0 Å². The molecule has 1 aromatic rings. The molecule has 0 heterocycles. The van der Waals surface area contributed by atoms with Gasteiger partial charge >= 0.3 is 0 Å². The molecule has 2 aliphatic rings. The lowest BCUT2D eigenvalue weighted by Crippen LogP contribution is -2.10. The van der Waals surface area contributed by atoms with Crippen molar-refractivity contribution < 1.29 is 5.11 Å².